The molecule has 2 aromatic rings. The summed E-state index contributed by atoms with van der Waals surface area (Å²) in [6.07, 6.45) is 2.14. The minimum Gasteiger partial charge on any atom is -0.394 e. The number of aromatic nitrogens is 3. The zero-order valence-electron chi connectivity index (χ0n) is 10.2. The van der Waals surface area contributed by atoms with Gasteiger partial charge in [0.1, 0.15) is 5.82 Å². The second-order valence-electron chi connectivity index (χ2n) is 4.64. The number of rotatable bonds is 4. The predicted octanol–water partition coefficient (Wildman–Crippen LogP) is 2.61. The van der Waals surface area contributed by atoms with Crippen molar-refractivity contribution in [3.63, 3.8) is 0 Å². The van der Waals surface area contributed by atoms with Crippen molar-refractivity contribution in [3.8, 4) is 11.4 Å². The van der Waals surface area contributed by atoms with Crippen LogP contribution in [0.1, 0.15) is 24.6 Å². The van der Waals surface area contributed by atoms with Gasteiger partial charge in [-0.25, -0.2) is 14.1 Å². The Hall–Kier alpha value is -1.46. The molecular formula is C13H13ClFN3O. The van der Waals surface area contributed by atoms with Gasteiger partial charge in [0, 0.05) is 10.9 Å². The minimum atomic E-state index is -0.390. The van der Waals surface area contributed by atoms with Crippen molar-refractivity contribution in [2.45, 2.75) is 25.3 Å². The van der Waals surface area contributed by atoms with Crippen LogP contribution in [0, 0.1) is 5.82 Å². The van der Waals surface area contributed by atoms with Gasteiger partial charge in [-0.05, 0) is 31.0 Å². The first-order chi connectivity index (χ1) is 9.19. The van der Waals surface area contributed by atoms with Crippen molar-refractivity contribution in [2.75, 3.05) is 6.61 Å². The summed E-state index contributed by atoms with van der Waals surface area (Å²) in [6.45, 7) is 0.226. The van der Waals surface area contributed by atoms with Gasteiger partial charge in [-0.2, -0.15) is 5.10 Å². The van der Waals surface area contributed by atoms with Gasteiger partial charge in [0.2, 0.25) is 0 Å². The zero-order valence-corrected chi connectivity index (χ0v) is 10.9. The van der Waals surface area contributed by atoms with Gasteiger partial charge >= 0.3 is 0 Å². The molecule has 4 nitrogen and oxygen atoms in total. The van der Waals surface area contributed by atoms with E-state index in [1.807, 2.05) is 0 Å². The predicted molar refractivity (Wildman–Crippen MR) is 69.5 cm³/mol. The Morgan fingerprint density at radius 2 is 2.21 bits per heavy atom. The summed E-state index contributed by atoms with van der Waals surface area (Å²) in [5.41, 5.74) is 0.320. The van der Waals surface area contributed by atoms with Gasteiger partial charge in [0.15, 0.2) is 11.6 Å². The Morgan fingerprint density at radius 3 is 2.89 bits per heavy atom. The molecule has 1 aromatic heterocycles. The van der Waals surface area contributed by atoms with Gasteiger partial charge < -0.3 is 5.11 Å². The summed E-state index contributed by atoms with van der Waals surface area (Å²) in [4.78, 5) is 4.41. The molecule has 0 unspecified atom stereocenters. The van der Waals surface area contributed by atoms with Crippen molar-refractivity contribution in [3.05, 3.63) is 34.9 Å². The highest BCUT2D eigenvalue weighted by Gasteiger charge is 2.29. The maximum atomic E-state index is 13.9. The molecule has 0 saturated heterocycles. The third-order valence-electron chi connectivity index (χ3n) is 3.11. The molecule has 0 spiro atoms. The molecule has 1 fully saturated rings. The molecule has 0 aliphatic heterocycles. The first-order valence-corrected chi connectivity index (χ1v) is 6.58. The van der Waals surface area contributed by atoms with E-state index in [0.29, 0.717) is 28.9 Å². The van der Waals surface area contributed by atoms with E-state index >= 15 is 0 Å². The number of aliphatic hydroxyl groups is 1. The number of benzene rings is 1. The van der Waals surface area contributed by atoms with Gasteiger partial charge in [-0.15, -0.1) is 0 Å². The molecular weight excluding hydrogens is 269 g/mol. The monoisotopic (exact) mass is 281 g/mol. The Bertz CT molecular complexity index is 610. The third kappa shape index (κ3) is 2.48. The Kier molecular flexibility index (Phi) is 3.24. The molecule has 0 atom stereocenters. The fraction of sp³-hybridized carbons (Fsp3) is 0.385. The molecule has 6 heteroatoms. The van der Waals surface area contributed by atoms with Crippen LogP contribution in [0.5, 0.6) is 0 Å². The Balaban J connectivity index is 2.08. The zero-order chi connectivity index (χ0) is 13.4. The van der Waals surface area contributed by atoms with E-state index in [4.69, 9.17) is 16.7 Å². The Morgan fingerprint density at radius 1 is 1.42 bits per heavy atom. The van der Waals surface area contributed by atoms with Gasteiger partial charge in [0.25, 0.3) is 0 Å². The molecule has 1 heterocycles. The van der Waals surface area contributed by atoms with Crippen LogP contribution < -0.4 is 0 Å². The van der Waals surface area contributed by atoms with E-state index in [9.17, 15) is 4.39 Å². The lowest BCUT2D eigenvalue weighted by molar-refractivity contribution is 0.269. The molecule has 0 radical (unpaired) electrons. The lowest BCUT2D eigenvalue weighted by Crippen LogP contribution is -2.07. The second kappa shape index (κ2) is 4.90. The third-order valence-corrected chi connectivity index (χ3v) is 3.35. The van der Waals surface area contributed by atoms with Crippen LogP contribution in [0.15, 0.2) is 18.2 Å². The van der Waals surface area contributed by atoms with Crippen LogP contribution in [0.4, 0.5) is 4.39 Å². The van der Waals surface area contributed by atoms with E-state index < -0.39 is 5.82 Å². The molecule has 0 bridgehead atoms. The molecule has 1 N–H and O–H groups in total. The molecule has 1 saturated carbocycles. The topological polar surface area (TPSA) is 50.9 Å². The lowest BCUT2D eigenvalue weighted by atomic mass is 10.2. The largest absolute Gasteiger partial charge is 0.394 e. The first-order valence-electron chi connectivity index (χ1n) is 6.20. The average Bonchev–Trinajstić information content (AvgIpc) is 3.15. The lowest BCUT2D eigenvalue weighted by Gasteiger charge is -2.05. The summed E-state index contributed by atoms with van der Waals surface area (Å²) < 4.78 is 15.4. The summed E-state index contributed by atoms with van der Waals surface area (Å²) >= 11 is 5.90. The molecule has 19 heavy (non-hydrogen) atoms. The summed E-state index contributed by atoms with van der Waals surface area (Å²) in [5, 5.41) is 13.9. The smallest absolute Gasteiger partial charge is 0.161 e. The number of hydrogen-bond donors (Lipinski definition) is 1. The molecule has 1 aliphatic rings. The van der Waals surface area contributed by atoms with Gasteiger partial charge in [-0.1, -0.05) is 11.6 Å². The van der Waals surface area contributed by atoms with Crippen molar-refractivity contribution in [1.29, 1.82) is 0 Å². The van der Waals surface area contributed by atoms with Crippen molar-refractivity contribution >= 4 is 11.6 Å². The van der Waals surface area contributed by atoms with E-state index in [-0.39, 0.29) is 6.61 Å². The van der Waals surface area contributed by atoms with Crippen LogP contribution >= 0.6 is 11.6 Å². The van der Waals surface area contributed by atoms with Crippen molar-refractivity contribution in [1.82, 2.24) is 14.8 Å². The van der Waals surface area contributed by atoms with Crippen molar-refractivity contribution < 1.29 is 9.50 Å². The maximum absolute atomic E-state index is 13.9. The molecule has 100 valence electrons. The standard InChI is InChI=1S/C13H13ClFN3O/c14-9-3-4-11(15)10(7-9)13-16-12(8-1-2-8)17-18(13)5-6-19/h3-4,7-8,19H,1-2,5-6H2. The van der Waals surface area contributed by atoms with Gasteiger partial charge in [0.05, 0.1) is 18.7 Å². The fourth-order valence-electron chi connectivity index (χ4n) is 1.99. The van der Waals surface area contributed by atoms with Gasteiger partial charge in [-0.3, -0.25) is 0 Å². The Labute approximate surface area is 114 Å². The van der Waals surface area contributed by atoms with Crippen molar-refractivity contribution in [2.24, 2.45) is 0 Å². The number of nitrogens with zero attached hydrogens (tertiary/aromatic N) is 3. The van der Waals surface area contributed by atoms with E-state index in [0.717, 1.165) is 18.7 Å². The summed E-state index contributed by atoms with van der Waals surface area (Å²) in [7, 11) is 0. The number of halogens is 2. The normalized spacial score (nSPS) is 14.9. The van der Waals surface area contributed by atoms with Crippen LogP contribution in [0.2, 0.25) is 5.02 Å². The van der Waals surface area contributed by atoms with Crippen LogP contribution in [-0.4, -0.2) is 26.5 Å². The first kappa shape index (κ1) is 12.6. The highest BCUT2D eigenvalue weighted by molar-refractivity contribution is 6.30. The molecule has 1 aromatic carbocycles. The summed E-state index contributed by atoms with van der Waals surface area (Å²) in [6, 6.07) is 4.34. The highest BCUT2D eigenvalue weighted by atomic mass is 35.5. The average molecular weight is 282 g/mol. The molecule has 0 amide bonds. The van der Waals surface area contributed by atoms with E-state index in [2.05, 4.69) is 10.1 Å². The van der Waals surface area contributed by atoms with Crippen LogP contribution in [0.3, 0.4) is 0 Å². The molecule has 1 aliphatic carbocycles. The van der Waals surface area contributed by atoms with Crippen LogP contribution in [-0.2, 0) is 6.54 Å². The SMILES string of the molecule is OCCn1nc(C2CC2)nc1-c1cc(Cl)ccc1F. The quantitative estimate of drug-likeness (QED) is 0.937. The summed E-state index contributed by atoms with van der Waals surface area (Å²) in [5.74, 6) is 1.14. The van der Waals surface area contributed by atoms with Crippen LogP contribution in [0.25, 0.3) is 11.4 Å². The number of hydrogen-bond acceptors (Lipinski definition) is 3. The van der Waals surface area contributed by atoms with E-state index in [1.165, 1.54) is 18.2 Å². The minimum absolute atomic E-state index is 0.0668. The van der Waals surface area contributed by atoms with E-state index in [1.54, 1.807) is 4.68 Å². The second-order valence-corrected chi connectivity index (χ2v) is 5.08. The maximum Gasteiger partial charge on any atom is 0.161 e. The highest BCUT2D eigenvalue weighted by Crippen LogP contribution is 2.39. The molecule has 3 rings (SSSR count). The number of aliphatic hydroxyl groups excluding tert-OH is 1. The fourth-order valence-corrected chi connectivity index (χ4v) is 2.16.